The van der Waals surface area contributed by atoms with Crippen LogP contribution in [-0.4, -0.2) is 66.3 Å². The van der Waals surface area contributed by atoms with Gasteiger partial charge in [0.15, 0.2) is 6.04 Å². The van der Waals surface area contributed by atoms with Crippen LogP contribution in [0.4, 0.5) is 4.79 Å². The van der Waals surface area contributed by atoms with Crippen molar-refractivity contribution in [1.82, 2.24) is 9.80 Å². The molecular formula is C11H18N2O4. The Balaban J connectivity index is 1.96. The van der Waals surface area contributed by atoms with Gasteiger partial charge in [-0.1, -0.05) is 0 Å². The topological polar surface area (TPSA) is 70.1 Å². The highest BCUT2D eigenvalue weighted by Crippen LogP contribution is 2.29. The van der Waals surface area contributed by atoms with Crippen LogP contribution in [0.3, 0.4) is 0 Å². The molecule has 1 heterocycles. The maximum absolute atomic E-state index is 12.1. The smallest absolute Gasteiger partial charge is 0.328 e. The monoisotopic (exact) mass is 242 g/mol. The summed E-state index contributed by atoms with van der Waals surface area (Å²) >= 11 is 0. The molecule has 1 aliphatic heterocycles. The number of hydrogen-bond acceptors (Lipinski definition) is 3. The third-order valence-corrected chi connectivity index (χ3v) is 3.21. The van der Waals surface area contributed by atoms with Crippen LogP contribution in [0.1, 0.15) is 12.8 Å². The normalized spacial score (nSPS) is 24.5. The van der Waals surface area contributed by atoms with Crippen molar-refractivity contribution in [2.75, 3.05) is 33.4 Å². The number of carboxylic acid groups (broad SMARTS) is 1. The summed E-state index contributed by atoms with van der Waals surface area (Å²) in [6.45, 7) is 1.57. The zero-order valence-corrected chi connectivity index (χ0v) is 9.96. The zero-order chi connectivity index (χ0) is 12.4. The second-order valence-electron chi connectivity index (χ2n) is 4.73. The molecule has 6 nitrogen and oxygen atoms in total. The van der Waals surface area contributed by atoms with E-state index in [-0.39, 0.29) is 12.6 Å². The van der Waals surface area contributed by atoms with Crippen LogP contribution in [0, 0.1) is 5.92 Å². The lowest BCUT2D eigenvalue weighted by Gasteiger charge is -2.35. The van der Waals surface area contributed by atoms with Gasteiger partial charge in [0.25, 0.3) is 0 Å². The number of urea groups is 1. The molecule has 96 valence electrons. The van der Waals surface area contributed by atoms with Crippen molar-refractivity contribution < 1.29 is 19.4 Å². The molecule has 1 N–H and O–H groups in total. The van der Waals surface area contributed by atoms with Crippen LogP contribution in [0.15, 0.2) is 0 Å². The van der Waals surface area contributed by atoms with E-state index in [0.29, 0.717) is 19.1 Å². The highest BCUT2D eigenvalue weighted by molar-refractivity contribution is 5.83. The fourth-order valence-electron chi connectivity index (χ4n) is 2.02. The van der Waals surface area contributed by atoms with Gasteiger partial charge in [0, 0.05) is 20.1 Å². The maximum atomic E-state index is 12.1. The van der Waals surface area contributed by atoms with Crippen LogP contribution < -0.4 is 0 Å². The van der Waals surface area contributed by atoms with Crippen LogP contribution in [0.2, 0.25) is 0 Å². The van der Waals surface area contributed by atoms with Crippen LogP contribution in [-0.2, 0) is 9.53 Å². The number of morpholine rings is 1. The fourth-order valence-corrected chi connectivity index (χ4v) is 2.02. The van der Waals surface area contributed by atoms with E-state index in [1.54, 1.807) is 11.9 Å². The van der Waals surface area contributed by atoms with Crippen molar-refractivity contribution in [3.63, 3.8) is 0 Å². The number of carbonyl (C=O) groups is 2. The molecule has 0 aromatic rings. The van der Waals surface area contributed by atoms with Crippen molar-refractivity contribution in [2.24, 2.45) is 5.92 Å². The minimum atomic E-state index is -1.00. The van der Waals surface area contributed by atoms with Gasteiger partial charge in [-0.2, -0.15) is 0 Å². The molecule has 1 saturated heterocycles. The van der Waals surface area contributed by atoms with Crippen molar-refractivity contribution in [3.05, 3.63) is 0 Å². The molecule has 0 bridgehead atoms. The number of ether oxygens (including phenoxy) is 1. The van der Waals surface area contributed by atoms with Gasteiger partial charge in [0.1, 0.15) is 0 Å². The van der Waals surface area contributed by atoms with Gasteiger partial charge in [-0.05, 0) is 18.8 Å². The Kier molecular flexibility index (Phi) is 3.51. The van der Waals surface area contributed by atoms with Crippen molar-refractivity contribution >= 4 is 12.0 Å². The molecular weight excluding hydrogens is 224 g/mol. The largest absolute Gasteiger partial charge is 0.480 e. The lowest BCUT2D eigenvalue weighted by molar-refractivity contribution is -0.147. The first-order valence-electron chi connectivity index (χ1n) is 5.92. The van der Waals surface area contributed by atoms with Gasteiger partial charge >= 0.3 is 12.0 Å². The molecule has 0 aromatic heterocycles. The summed E-state index contributed by atoms with van der Waals surface area (Å²) in [4.78, 5) is 26.2. The van der Waals surface area contributed by atoms with E-state index in [0.717, 1.165) is 6.54 Å². The predicted octanol–water partition coefficient (Wildman–Crippen LogP) is 0.234. The predicted molar refractivity (Wildman–Crippen MR) is 59.7 cm³/mol. The summed E-state index contributed by atoms with van der Waals surface area (Å²) in [5, 5.41) is 9.04. The van der Waals surface area contributed by atoms with Crippen molar-refractivity contribution in [3.8, 4) is 0 Å². The van der Waals surface area contributed by atoms with Crippen molar-refractivity contribution in [1.29, 1.82) is 0 Å². The van der Waals surface area contributed by atoms with Gasteiger partial charge in [-0.25, -0.2) is 9.59 Å². The Morgan fingerprint density at radius 3 is 2.76 bits per heavy atom. The fraction of sp³-hybridized carbons (Fsp3) is 0.818. The summed E-state index contributed by atoms with van der Waals surface area (Å²) in [5.74, 6) is -0.397. The average Bonchev–Trinajstić information content (AvgIpc) is 3.11. The third-order valence-electron chi connectivity index (χ3n) is 3.21. The molecule has 6 heteroatoms. The van der Waals surface area contributed by atoms with Gasteiger partial charge in [0.2, 0.25) is 0 Å². The van der Waals surface area contributed by atoms with E-state index in [1.807, 2.05) is 0 Å². The molecule has 1 saturated carbocycles. The summed E-state index contributed by atoms with van der Waals surface area (Å²) < 4.78 is 5.10. The molecule has 2 fully saturated rings. The second-order valence-corrected chi connectivity index (χ2v) is 4.73. The van der Waals surface area contributed by atoms with Gasteiger partial charge in [0.05, 0.1) is 13.2 Å². The van der Waals surface area contributed by atoms with Crippen LogP contribution in [0.25, 0.3) is 0 Å². The number of rotatable bonds is 3. The van der Waals surface area contributed by atoms with E-state index < -0.39 is 12.0 Å². The average molecular weight is 242 g/mol. The lowest BCUT2D eigenvalue weighted by Crippen LogP contribution is -2.56. The van der Waals surface area contributed by atoms with E-state index in [9.17, 15) is 9.59 Å². The van der Waals surface area contributed by atoms with E-state index in [2.05, 4.69) is 0 Å². The quantitative estimate of drug-likeness (QED) is 0.769. The number of carbonyl (C=O) groups excluding carboxylic acids is 1. The molecule has 17 heavy (non-hydrogen) atoms. The maximum Gasteiger partial charge on any atom is 0.328 e. The first kappa shape index (κ1) is 12.2. The second kappa shape index (κ2) is 4.91. The Hall–Kier alpha value is -1.30. The number of aliphatic carboxylic acids is 1. The van der Waals surface area contributed by atoms with Gasteiger partial charge in [-0.3, -0.25) is 0 Å². The SMILES string of the molecule is CN(CC1CC1)C(=O)N1CCOCC1C(=O)O. The molecule has 1 unspecified atom stereocenters. The standard InChI is InChI=1S/C11H18N2O4/c1-12(6-8-2-3-8)11(16)13-4-5-17-7-9(13)10(14)15/h8-9H,2-7H2,1H3,(H,14,15). The Bertz CT molecular complexity index is 317. The molecule has 1 aliphatic carbocycles. The molecule has 2 rings (SSSR count). The first-order chi connectivity index (χ1) is 8.09. The number of carboxylic acids is 1. The minimum Gasteiger partial charge on any atom is -0.480 e. The Labute approximate surface area is 100 Å². The van der Waals surface area contributed by atoms with Crippen molar-refractivity contribution in [2.45, 2.75) is 18.9 Å². The summed E-state index contributed by atoms with van der Waals surface area (Å²) in [7, 11) is 1.73. The molecule has 0 spiro atoms. The number of nitrogens with zero attached hydrogens (tertiary/aromatic N) is 2. The highest BCUT2D eigenvalue weighted by atomic mass is 16.5. The molecule has 2 aliphatic rings. The van der Waals surface area contributed by atoms with E-state index in [1.165, 1.54) is 17.7 Å². The van der Waals surface area contributed by atoms with E-state index in [4.69, 9.17) is 9.84 Å². The lowest BCUT2D eigenvalue weighted by atomic mass is 10.2. The first-order valence-corrected chi connectivity index (χ1v) is 5.92. The summed E-state index contributed by atoms with van der Waals surface area (Å²) in [6.07, 6.45) is 2.34. The highest BCUT2D eigenvalue weighted by Gasteiger charge is 2.35. The molecule has 1 atom stereocenters. The van der Waals surface area contributed by atoms with E-state index >= 15 is 0 Å². The minimum absolute atomic E-state index is 0.0817. The molecule has 0 aromatic carbocycles. The Morgan fingerprint density at radius 2 is 2.18 bits per heavy atom. The molecule has 0 radical (unpaired) electrons. The molecule has 2 amide bonds. The van der Waals surface area contributed by atoms with Gasteiger partial charge in [-0.15, -0.1) is 0 Å². The third kappa shape index (κ3) is 2.88. The van der Waals surface area contributed by atoms with Gasteiger partial charge < -0.3 is 19.6 Å². The summed E-state index contributed by atoms with van der Waals surface area (Å²) in [6, 6.07) is -1.05. The summed E-state index contributed by atoms with van der Waals surface area (Å²) in [5.41, 5.74) is 0. The number of amides is 2. The van der Waals surface area contributed by atoms with Crippen LogP contribution >= 0.6 is 0 Å². The Morgan fingerprint density at radius 1 is 1.47 bits per heavy atom. The zero-order valence-electron chi connectivity index (χ0n) is 9.96. The van der Waals surface area contributed by atoms with Crippen LogP contribution in [0.5, 0.6) is 0 Å². The number of hydrogen-bond donors (Lipinski definition) is 1.